The van der Waals surface area contributed by atoms with Crippen LogP contribution in [-0.2, 0) is 13.1 Å². The van der Waals surface area contributed by atoms with Gasteiger partial charge in [-0.05, 0) is 53.9 Å². The molecule has 1 N–H and O–H groups in total. The van der Waals surface area contributed by atoms with E-state index in [1.54, 1.807) is 0 Å². The van der Waals surface area contributed by atoms with Gasteiger partial charge in [0.1, 0.15) is 5.82 Å². The van der Waals surface area contributed by atoms with Gasteiger partial charge in [0, 0.05) is 49.5 Å². The summed E-state index contributed by atoms with van der Waals surface area (Å²) in [6.07, 6.45) is 6.02. The zero-order valence-corrected chi connectivity index (χ0v) is 20.3. The lowest BCUT2D eigenvalue weighted by atomic mass is 10.1. The molecule has 0 radical (unpaired) electrons. The first-order valence-electron chi connectivity index (χ1n) is 12.0. The van der Waals surface area contributed by atoms with Crippen LogP contribution in [0.1, 0.15) is 25.0 Å². The molecular weight excluding hydrogens is 418 g/mol. The van der Waals surface area contributed by atoms with Gasteiger partial charge < -0.3 is 14.8 Å². The minimum Gasteiger partial charge on any atom is -0.357 e. The number of fused-ring (bicyclic) bond motifs is 1. The quantitative estimate of drug-likeness (QED) is 0.363. The van der Waals surface area contributed by atoms with Gasteiger partial charge in [0.15, 0.2) is 0 Å². The van der Waals surface area contributed by atoms with Crippen LogP contribution < -0.4 is 10.2 Å². The first-order chi connectivity index (χ1) is 16.6. The number of benzene rings is 2. The van der Waals surface area contributed by atoms with Gasteiger partial charge in [0.2, 0.25) is 0 Å². The number of hydrogen-bond donors (Lipinski definition) is 1. The molecule has 0 saturated carbocycles. The van der Waals surface area contributed by atoms with E-state index in [1.807, 2.05) is 12.4 Å². The van der Waals surface area contributed by atoms with Crippen molar-refractivity contribution in [3.63, 3.8) is 0 Å². The van der Waals surface area contributed by atoms with Gasteiger partial charge in [0.05, 0.1) is 12.4 Å². The van der Waals surface area contributed by atoms with E-state index in [9.17, 15) is 0 Å². The number of nitrogens with one attached hydrogen (secondary N) is 1. The highest BCUT2D eigenvalue weighted by Crippen LogP contribution is 2.37. The Labute approximate surface area is 202 Å². The summed E-state index contributed by atoms with van der Waals surface area (Å²) in [7, 11) is 2.21. The first kappa shape index (κ1) is 22.2. The lowest BCUT2D eigenvalue weighted by molar-refractivity contribution is 0.304. The highest BCUT2D eigenvalue weighted by Gasteiger charge is 2.27. The molecule has 2 aromatic heterocycles. The zero-order valence-electron chi connectivity index (χ0n) is 20.3. The molecule has 0 unspecified atom stereocenters. The zero-order chi connectivity index (χ0) is 23.5. The van der Waals surface area contributed by atoms with Gasteiger partial charge in [-0.2, -0.15) is 0 Å². The molecule has 1 aliphatic rings. The summed E-state index contributed by atoms with van der Waals surface area (Å²) in [5.41, 5.74) is 7.51. The molecule has 0 amide bonds. The molecule has 0 aliphatic carbocycles. The molecule has 0 bridgehead atoms. The summed E-state index contributed by atoms with van der Waals surface area (Å²) in [6, 6.07) is 23.5. The van der Waals surface area contributed by atoms with E-state index in [4.69, 9.17) is 0 Å². The molecule has 5 rings (SSSR count). The maximum atomic E-state index is 4.13. The third-order valence-electron chi connectivity index (χ3n) is 6.28. The van der Waals surface area contributed by atoms with Gasteiger partial charge in [-0.1, -0.05) is 56.3 Å². The van der Waals surface area contributed by atoms with Gasteiger partial charge in [-0.15, -0.1) is 0 Å². The third kappa shape index (κ3) is 4.85. The summed E-state index contributed by atoms with van der Waals surface area (Å²) in [5.74, 6) is 1.79. The Kier molecular flexibility index (Phi) is 6.37. The van der Waals surface area contributed by atoms with E-state index in [0.717, 1.165) is 32.0 Å². The summed E-state index contributed by atoms with van der Waals surface area (Å²) >= 11 is 0. The second kappa shape index (κ2) is 9.74. The second-order valence-electron chi connectivity index (χ2n) is 9.67. The van der Waals surface area contributed by atoms with Crippen molar-refractivity contribution in [3.8, 4) is 11.1 Å². The van der Waals surface area contributed by atoms with Crippen LogP contribution in [0.3, 0.4) is 0 Å². The van der Waals surface area contributed by atoms with Crippen molar-refractivity contribution in [3.05, 3.63) is 96.4 Å². The molecule has 5 nitrogen and oxygen atoms in total. The molecule has 0 fully saturated rings. The molecular formula is C29H33N5. The first-order valence-corrected chi connectivity index (χ1v) is 12.0. The Hall–Kier alpha value is -3.57. The van der Waals surface area contributed by atoms with Crippen molar-refractivity contribution >= 4 is 17.2 Å². The Morgan fingerprint density at radius 2 is 1.62 bits per heavy atom. The molecule has 174 valence electrons. The van der Waals surface area contributed by atoms with Crippen LogP contribution in [0.4, 0.5) is 17.2 Å². The van der Waals surface area contributed by atoms with Gasteiger partial charge in [-0.25, -0.2) is 0 Å². The average molecular weight is 452 g/mol. The summed E-state index contributed by atoms with van der Waals surface area (Å²) < 4.78 is 2.38. The van der Waals surface area contributed by atoms with E-state index in [1.165, 1.54) is 33.8 Å². The molecule has 4 aromatic rings. The van der Waals surface area contributed by atoms with E-state index in [-0.39, 0.29) is 0 Å². The SMILES string of the molecule is CC(C)CN1CN(C)Cc2c1cn(Cc1ccc(-c3ccncc3)cc1)c2Nc1ccccc1. The normalized spacial score (nSPS) is 13.8. The van der Waals surface area contributed by atoms with Crippen molar-refractivity contribution in [2.24, 2.45) is 5.92 Å². The molecule has 0 atom stereocenters. The highest BCUT2D eigenvalue weighted by molar-refractivity contribution is 5.71. The van der Waals surface area contributed by atoms with E-state index in [0.29, 0.717) is 5.92 Å². The van der Waals surface area contributed by atoms with E-state index >= 15 is 0 Å². The van der Waals surface area contributed by atoms with Crippen LogP contribution in [0.5, 0.6) is 0 Å². The minimum absolute atomic E-state index is 0.606. The van der Waals surface area contributed by atoms with Crippen LogP contribution in [0, 0.1) is 5.92 Å². The fraction of sp³-hybridized carbons (Fsp3) is 0.276. The largest absolute Gasteiger partial charge is 0.357 e. The van der Waals surface area contributed by atoms with Crippen molar-refractivity contribution < 1.29 is 0 Å². The number of nitrogens with zero attached hydrogens (tertiary/aromatic N) is 4. The minimum atomic E-state index is 0.606. The molecule has 3 heterocycles. The van der Waals surface area contributed by atoms with Gasteiger partial charge >= 0.3 is 0 Å². The standard InChI is InChI=1S/C29H33N5/c1-22(2)17-34-21-32(3)19-27-28(34)20-33(29(27)31-26-7-5-4-6-8-26)18-23-9-11-24(12-10-23)25-13-15-30-16-14-25/h4-16,20,22,31H,17-19,21H2,1-3H3. The lowest BCUT2D eigenvalue weighted by Gasteiger charge is -2.36. The topological polar surface area (TPSA) is 36.3 Å². The average Bonchev–Trinajstić information content (AvgIpc) is 3.17. The van der Waals surface area contributed by atoms with Gasteiger partial charge in [-0.3, -0.25) is 9.88 Å². The predicted octanol–water partition coefficient (Wildman–Crippen LogP) is 6.21. The number of rotatable bonds is 7. The second-order valence-corrected chi connectivity index (χ2v) is 9.67. The molecule has 1 aliphatic heterocycles. The van der Waals surface area contributed by atoms with Crippen LogP contribution in [0.15, 0.2) is 85.3 Å². The van der Waals surface area contributed by atoms with Crippen molar-refractivity contribution in [1.29, 1.82) is 0 Å². The van der Waals surface area contributed by atoms with Crippen molar-refractivity contribution in [2.45, 2.75) is 26.9 Å². The monoisotopic (exact) mass is 451 g/mol. The number of hydrogen-bond acceptors (Lipinski definition) is 4. The van der Waals surface area contributed by atoms with Crippen molar-refractivity contribution in [2.75, 3.05) is 30.5 Å². The van der Waals surface area contributed by atoms with Gasteiger partial charge in [0.25, 0.3) is 0 Å². The summed E-state index contributed by atoms with van der Waals surface area (Å²) in [5, 5.41) is 3.74. The van der Waals surface area contributed by atoms with Crippen LogP contribution in [0.2, 0.25) is 0 Å². The van der Waals surface area contributed by atoms with Crippen LogP contribution in [0.25, 0.3) is 11.1 Å². The number of pyridine rings is 1. The number of anilines is 3. The maximum absolute atomic E-state index is 4.13. The Bertz CT molecular complexity index is 1210. The molecule has 34 heavy (non-hydrogen) atoms. The van der Waals surface area contributed by atoms with Crippen LogP contribution >= 0.6 is 0 Å². The summed E-state index contributed by atoms with van der Waals surface area (Å²) in [6.45, 7) is 8.34. The maximum Gasteiger partial charge on any atom is 0.117 e. The Balaban J connectivity index is 1.49. The summed E-state index contributed by atoms with van der Waals surface area (Å²) in [4.78, 5) is 9.05. The number of para-hydroxylation sites is 1. The van der Waals surface area contributed by atoms with E-state index in [2.05, 4.69) is 118 Å². The smallest absolute Gasteiger partial charge is 0.117 e. The molecule has 5 heteroatoms. The Morgan fingerprint density at radius 3 is 2.32 bits per heavy atom. The lowest BCUT2D eigenvalue weighted by Crippen LogP contribution is -2.41. The van der Waals surface area contributed by atoms with E-state index < -0.39 is 0 Å². The van der Waals surface area contributed by atoms with Crippen molar-refractivity contribution in [1.82, 2.24) is 14.5 Å². The number of aromatic nitrogens is 2. The fourth-order valence-corrected chi connectivity index (χ4v) is 4.77. The third-order valence-corrected chi connectivity index (χ3v) is 6.28. The predicted molar refractivity (Wildman–Crippen MR) is 141 cm³/mol. The fourth-order valence-electron chi connectivity index (χ4n) is 4.77. The molecule has 2 aromatic carbocycles. The molecule has 0 spiro atoms. The van der Waals surface area contributed by atoms with Crippen LogP contribution in [-0.4, -0.2) is 34.7 Å². The Morgan fingerprint density at radius 1 is 0.912 bits per heavy atom. The highest BCUT2D eigenvalue weighted by atomic mass is 15.3. The molecule has 0 saturated heterocycles.